The van der Waals surface area contributed by atoms with Crippen LogP contribution in [-0.4, -0.2) is 17.5 Å². The van der Waals surface area contributed by atoms with Gasteiger partial charge in [0.2, 0.25) is 0 Å². The number of hydrogen-bond donors (Lipinski definition) is 0. The topological polar surface area (TPSA) is 26.3 Å². The van der Waals surface area contributed by atoms with Crippen molar-refractivity contribution in [3.63, 3.8) is 0 Å². The van der Waals surface area contributed by atoms with Gasteiger partial charge in [-0.3, -0.25) is 4.79 Å². The summed E-state index contributed by atoms with van der Waals surface area (Å²) in [5.74, 6) is -0.142. The van der Waals surface area contributed by atoms with Crippen LogP contribution in [0, 0.1) is 5.41 Å². The number of carbonyl (C=O) groups is 1. The Labute approximate surface area is 69.1 Å². The molecule has 0 N–H and O–H groups in total. The van der Waals surface area contributed by atoms with E-state index in [4.69, 9.17) is 0 Å². The highest BCUT2D eigenvalue weighted by Gasteiger charge is 2.26. The van der Waals surface area contributed by atoms with E-state index in [1.165, 1.54) is 7.11 Å². The van der Waals surface area contributed by atoms with Gasteiger partial charge in [0.1, 0.15) is 0 Å². The minimum Gasteiger partial charge on any atom is -0.469 e. The van der Waals surface area contributed by atoms with Gasteiger partial charge in [-0.05, 0) is 13.8 Å². The molecule has 0 aliphatic carbocycles. The van der Waals surface area contributed by atoms with Crippen molar-refractivity contribution in [2.75, 3.05) is 11.5 Å². The van der Waals surface area contributed by atoms with E-state index in [-0.39, 0.29) is 11.4 Å². The third-order valence-corrected chi connectivity index (χ3v) is 2.98. The summed E-state index contributed by atoms with van der Waals surface area (Å²) >= 11 is 2.17. The highest BCUT2D eigenvalue weighted by molar-refractivity contribution is 14.1. The summed E-state index contributed by atoms with van der Waals surface area (Å²) in [6.45, 7) is 3.73. The van der Waals surface area contributed by atoms with Crippen LogP contribution < -0.4 is 0 Å². The molecule has 0 aromatic carbocycles. The van der Waals surface area contributed by atoms with Gasteiger partial charge in [0, 0.05) is 4.43 Å². The lowest BCUT2D eigenvalue weighted by Gasteiger charge is -2.16. The molecule has 0 amide bonds. The molecule has 0 atom stereocenters. The zero-order valence-electron chi connectivity index (χ0n) is 5.90. The molecule has 0 fully saturated rings. The van der Waals surface area contributed by atoms with Crippen molar-refractivity contribution in [2.24, 2.45) is 5.41 Å². The maximum Gasteiger partial charge on any atom is 0.312 e. The molecule has 0 radical (unpaired) electrons. The fraction of sp³-hybridized carbons (Fsp3) is 0.833. The van der Waals surface area contributed by atoms with Gasteiger partial charge < -0.3 is 4.74 Å². The molecular formula is C6H11IO2. The fourth-order valence-electron chi connectivity index (χ4n) is 0.331. The second-order valence-electron chi connectivity index (χ2n) is 2.51. The number of carbonyl (C=O) groups excluding carboxylic acids is 1. The average Bonchev–Trinajstić information content (AvgIpc) is 1.86. The van der Waals surface area contributed by atoms with Gasteiger partial charge >= 0.3 is 5.97 Å². The minimum absolute atomic E-state index is 0.142. The van der Waals surface area contributed by atoms with Crippen molar-refractivity contribution < 1.29 is 9.53 Å². The molecular weight excluding hydrogens is 231 g/mol. The van der Waals surface area contributed by atoms with Gasteiger partial charge in [-0.2, -0.15) is 0 Å². The number of halogens is 1. The van der Waals surface area contributed by atoms with Gasteiger partial charge in [-0.15, -0.1) is 0 Å². The van der Waals surface area contributed by atoms with E-state index in [9.17, 15) is 4.79 Å². The van der Waals surface area contributed by atoms with Crippen LogP contribution in [0.2, 0.25) is 0 Å². The van der Waals surface area contributed by atoms with E-state index < -0.39 is 0 Å². The van der Waals surface area contributed by atoms with Crippen molar-refractivity contribution in [3.8, 4) is 0 Å². The normalized spacial score (nSPS) is 11.1. The molecule has 0 aromatic heterocycles. The predicted octanol–water partition coefficient (Wildman–Crippen LogP) is 1.62. The average molecular weight is 242 g/mol. The van der Waals surface area contributed by atoms with E-state index >= 15 is 0 Å². The smallest absolute Gasteiger partial charge is 0.312 e. The van der Waals surface area contributed by atoms with Gasteiger partial charge in [0.05, 0.1) is 12.5 Å². The Kier molecular flexibility index (Phi) is 3.46. The minimum atomic E-state index is -0.324. The molecule has 0 saturated heterocycles. The quantitative estimate of drug-likeness (QED) is 0.418. The summed E-state index contributed by atoms with van der Waals surface area (Å²) in [7, 11) is 1.41. The third-order valence-electron chi connectivity index (χ3n) is 1.07. The molecule has 9 heavy (non-hydrogen) atoms. The molecule has 3 heteroatoms. The summed E-state index contributed by atoms with van der Waals surface area (Å²) in [5.41, 5.74) is -0.324. The Morgan fingerprint density at radius 1 is 1.67 bits per heavy atom. The molecule has 0 aliphatic rings. The Hall–Kier alpha value is 0.200. The highest BCUT2D eigenvalue weighted by atomic mass is 127. The number of alkyl halides is 1. The molecule has 0 rings (SSSR count). The maximum atomic E-state index is 10.8. The molecule has 0 bridgehead atoms. The lowest BCUT2D eigenvalue weighted by atomic mass is 9.97. The first-order valence-electron chi connectivity index (χ1n) is 2.69. The van der Waals surface area contributed by atoms with Crippen LogP contribution in [0.4, 0.5) is 0 Å². The van der Waals surface area contributed by atoms with Crippen molar-refractivity contribution in [1.82, 2.24) is 0 Å². The van der Waals surface area contributed by atoms with E-state index in [2.05, 4.69) is 27.3 Å². The lowest BCUT2D eigenvalue weighted by Crippen LogP contribution is -2.26. The molecule has 0 aliphatic heterocycles. The summed E-state index contributed by atoms with van der Waals surface area (Å²) in [6.07, 6.45) is 0. The number of hydrogen-bond acceptors (Lipinski definition) is 2. The zero-order chi connectivity index (χ0) is 7.49. The van der Waals surface area contributed by atoms with Crippen molar-refractivity contribution in [3.05, 3.63) is 0 Å². The number of rotatable bonds is 2. The van der Waals surface area contributed by atoms with Gasteiger partial charge in [0.15, 0.2) is 0 Å². The van der Waals surface area contributed by atoms with Crippen LogP contribution in [0.5, 0.6) is 0 Å². The summed E-state index contributed by atoms with van der Waals surface area (Å²) < 4.78 is 5.35. The first kappa shape index (κ1) is 9.20. The summed E-state index contributed by atoms with van der Waals surface area (Å²) in [6, 6.07) is 0. The first-order chi connectivity index (χ1) is 4.04. The Morgan fingerprint density at radius 3 is 2.22 bits per heavy atom. The number of esters is 1. The molecule has 0 saturated carbocycles. The van der Waals surface area contributed by atoms with E-state index in [0.717, 1.165) is 4.43 Å². The Balaban J connectivity index is 3.97. The summed E-state index contributed by atoms with van der Waals surface area (Å²) in [4.78, 5) is 10.8. The Morgan fingerprint density at radius 2 is 2.11 bits per heavy atom. The van der Waals surface area contributed by atoms with Gasteiger partial charge in [-0.25, -0.2) is 0 Å². The predicted molar refractivity (Wildman–Crippen MR) is 44.7 cm³/mol. The standard InChI is InChI=1S/C6H11IO2/c1-6(2,4-7)5(8)9-3/h4H2,1-3H3. The van der Waals surface area contributed by atoms with Crippen LogP contribution in [0.1, 0.15) is 13.8 Å². The molecule has 0 heterocycles. The largest absolute Gasteiger partial charge is 0.469 e. The molecule has 54 valence electrons. The third kappa shape index (κ3) is 2.51. The number of methoxy groups -OCH3 is 1. The zero-order valence-corrected chi connectivity index (χ0v) is 8.06. The van der Waals surface area contributed by atoms with Crippen LogP contribution in [0.3, 0.4) is 0 Å². The van der Waals surface area contributed by atoms with E-state index in [1.807, 2.05) is 13.8 Å². The summed E-state index contributed by atoms with van der Waals surface area (Å²) in [5, 5.41) is 0. The SMILES string of the molecule is COC(=O)C(C)(C)CI. The lowest BCUT2D eigenvalue weighted by molar-refractivity contribution is -0.149. The van der Waals surface area contributed by atoms with Gasteiger partial charge in [0.25, 0.3) is 0 Å². The highest BCUT2D eigenvalue weighted by Crippen LogP contribution is 2.19. The van der Waals surface area contributed by atoms with Crippen LogP contribution in [0.15, 0.2) is 0 Å². The van der Waals surface area contributed by atoms with Crippen LogP contribution >= 0.6 is 22.6 Å². The van der Waals surface area contributed by atoms with Crippen molar-refractivity contribution >= 4 is 28.6 Å². The Bertz CT molecular complexity index is 110. The van der Waals surface area contributed by atoms with Crippen molar-refractivity contribution in [1.29, 1.82) is 0 Å². The number of ether oxygens (including phenoxy) is 1. The molecule has 2 nitrogen and oxygen atoms in total. The second-order valence-corrected chi connectivity index (χ2v) is 3.27. The first-order valence-corrected chi connectivity index (χ1v) is 4.21. The van der Waals surface area contributed by atoms with Gasteiger partial charge in [-0.1, -0.05) is 22.6 Å². The van der Waals surface area contributed by atoms with Crippen molar-refractivity contribution in [2.45, 2.75) is 13.8 Å². The van der Waals surface area contributed by atoms with E-state index in [0.29, 0.717) is 0 Å². The van der Waals surface area contributed by atoms with Crippen LogP contribution in [-0.2, 0) is 9.53 Å². The maximum absolute atomic E-state index is 10.8. The fourth-order valence-corrected chi connectivity index (χ4v) is 0.642. The molecule has 0 unspecified atom stereocenters. The second kappa shape index (κ2) is 3.39. The monoisotopic (exact) mass is 242 g/mol. The molecule has 0 aromatic rings. The van der Waals surface area contributed by atoms with Crippen LogP contribution in [0.25, 0.3) is 0 Å². The van der Waals surface area contributed by atoms with E-state index in [1.54, 1.807) is 0 Å². The molecule has 0 spiro atoms.